The molecule has 2 heterocycles. The predicted octanol–water partition coefficient (Wildman–Crippen LogP) is 3.48. The Bertz CT molecular complexity index is 1620. The van der Waals surface area contributed by atoms with E-state index in [2.05, 4.69) is 5.32 Å². The van der Waals surface area contributed by atoms with Crippen LogP contribution in [0.15, 0.2) is 76.5 Å². The van der Waals surface area contributed by atoms with Crippen LogP contribution in [0.1, 0.15) is 19.3 Å². The summed E-state index contributed by atoms with van der Waals surface area (Å²) in [6.07, 6.45) is 2.50. The molecule has 13 heteroatoms. The van der Waals surface area contributed by atoms with Gasteiger partial charge in [0.2, 0.25) is 15.9 Å². The molecule has 41 heavy (non-hydrogen) atoms. The molecule has 0 radical (unpaired) electrons. The Kier molecular flexibility index (Phi) is 8.38. The van der Waals surface area contributed by atoms with Crippen molar-refractivity contribution in [3.05, 3.63) is 66.7 Å². The number of carbonyl (C=O) groups excluding carboxylic acids is 1. The van der Waals surface area contributed by atoms with E-state index in [1.165, 1.54) is 53.9 Å². The fourth-order valence-electron chi connectivity index (χ4n) is 4.75. The molecule has 0 saturated carbocycles. The average molecular weight is 602 g/mol. The number of rotatable bonds is 9. The molecule has 0 unspecified atom stereocenters. The third-order valence-corrected chi connectivity index (χ3v) is 10.5. The van der Waals surface area contributed by atoms with E-state index in [4.69, 9.17) is 14.2 Å². The Balaban J connectivity index is 1.44. The van der Waals surface area contributed by atoms with E-state index in [1.807, 2.05) is 0 Å². The number of ether oxygens (including phenoxy) is 3. The first kappa shape index (κ1) is 28.7. The highest BCUT2D eigenvalue weighted by Crippen LogP contribution is 2.36. The second-order valence-corrected chi connectivity index (χ2v) is 13.3. The number of sulfonamides is 2. The highest BCUT2D eigenvalue weighted by molar-refractivity contribution is 7.92. The summed E-state index contributed by atoms with van der Waals surface area (Å²) in [7, 11) is -6.67. The van der Waals surface area contributed by atoms with Gasteiger partial charge in [0, 0.05) is 24.8 Å². The molecular weight excluding hydrogens is 570 g/mol. The van der Waals surface area contributed by atoms with Gasteiger partial charge in [-0.15, -0.1) is 0 Å². The smallest absolute Gasteiger partial charge is 0.264 e. The summed E-state index contributed by atoms with van der Waals surface area (Å²) in [6.45, 7) is 0.908. The van der Waals surface area contributed by atoms with Crippen molar-refractivity contribution in [3.8, 4) is 17.2 Å². The molecule has 1 fully saturated rings. The molecule has 1 amide bonds. The Morgan fingerprint density at radius 3 is 2.32 bits per heavy atom. The molecule has 11 nitrogen and oxygen atoms in total. The molecule has 2 aliphatic rings. The summed E-state index contributed by atoms with van der Waals surface area (Å²) in [4.78, 5) is 13.2. The maximum atomic E-state index is 13.7. The lowest BCUT2D eigenvalue weighted by molar-refractivity contribution is -0.114. The van der Waals surface area contributed by atoms with Crippen LogP contribution in [0.3, 0.4) is 0 Å². The first-order valence-electron chi connectivity index (χ1n) is 13.2. The van der Waals surface area contributed by atoms with E-state index >= 15 is 0 Å². The number of fused-ring (bicyclic) bond motifs is 1. The summed E-state index contributed by atoms with van der Waals surface area (Å²) in [5, 5.41) is 2.66. The van der Waals surface area contributed by atoms with Crippen LogP contribution in [0.4, 0.5) is 11.4 Å². The maximum Gasteiger partial charge on any atom is 0.264 e. The number of anilines is 2. The number of nitrogens with zero attached hydrogens (tertiary/aromatic N) is 2. The average Bonchev–Trinajstić information content (AvgIpc) is 3.00. The molecule has 0 aromatic heterocycles. The lowest BCUT2D eigenvalue weighted by atomic mass is 10.2. The van der Waals surface area contributed by atoms with E-state index in [-0.39, 0.29) is 26.9 Å². The number of amides is 1. The van der Waals surface area contributed by atoms with Crippen molar-refractivity contribution >= 4 is 37.3 Å². The molecule has 3 aromatic rings. The third kappa shape index (κ3) is 6.11. The summed E-state index contributed by atoms with van der Waals surface area (Å²) in [6, 6.07) is 16.7. The third-order valence-electron chi connectivity index (χ3n) is 6.81. The van der Waals surface area contributed by atoms with Crippen LogP contribution in [0, 0.1) is 0 Å². The lowest BCUT2D eigenvalue weighted by Crippen LogP contribution is -2.38. The van der Waals surface area contributed by atoms with Crippen molar-refractivity contribution in [1.82, 2.24) is 4.31 Å². The SMILES string of the molecule is COc1ccc(NC(=O)CN(c2ccc3c(c2)OCCO3)S(=O)(=O)c2ccccc2)cc1S(=O)(=O)N1CCCCC1. The van der Waals surface area contributed by atoms with Crippen LogP contribution in [0.5, 0.6) is 17.2 Å². The van der Waals surface area contributed by atoms with Crippen molar-refractivity contribution in [3.63, 3.8) is 0 Å². The van der Waals surface area contributed by atoms with E-state index in [0.717, 1.165) is 23.6 Å². The number of benzene rings is 3. The second kappa shape index (κ2) is 12.0. The Morgan fingerprint density at radius 1 is 0.902 bits per heavy atom. The normalized spacial score (nSPS) is 15.6. The van der Waals surface area contributed by atoms with Gasteiger partial charge in [0.05, 0.1) is 17.7 Å². The molecule has 0 spiro atoms. The van der Waals surface area contributed by atoms with Gasteiger partial charge in [0.1, 0.15) is 30.4 Å². The molecule has 5 rings (SSSR count). The van der Waals surface area contributed by atoms with Gasteiger partial charge >= 0.3 is 0 Å². The molecule has 3 aromatic carbocycles. The number of methoxy groups -OCH3 is 1. The van der Waals surface area contributed by atoms with Gasteiger partial charge in [-0.05, 0) is 55.3 Å². The minimum absolute atomic E-state index is 0.00190. The number of carbonyl (C=O) groups is 1. The fourth-order valence-corrected chi connectivity index (χ4v) is 7.89. The van der Waals surface area contributed by atoms with Gasteiger partial charge in [-0.3, -0.25) is 9.10 Å². The lowest BCUT2D eigenvalue weighted by Gasteiger charge is -2.27. The van der Waals surface area contributed by atoms with Crippen LogP contribution < -0.4 is 23.8 Å². The Hall–Kier alpha value is -3.81. The number of hydrogen-bond acceptors (Lipinski definition) is 8. The minimum Gasteiger partial charge on any atom is -0.495 e. The molecule has 0 aliphatic carbocycles. The van der Waals surface area contributed by atoms with Crippen LogP contribution in [-0.2, 0) is 24.8 Å². The van der Waals surface area contributed by atoms with Crippen LogP contribution in [0.25, 0.3) is 0 Å². The van der Waals surface area contributed by atoms with Gasteiger partial charge < -0.3 is 19.5 Å². The van der Waals surface area contributed by atoms with Crippen molar-refractivity contribution < 1.29 is 35.8 Å². The molecular formula is C28H31N3O8S2. The van der Waals surface area contributed by atoms with Crippen molar-refractivity contribution in [2.24, 2.45) is 0 Å². The molecule has 218 valence electrons. The Morgan fingerprint density at radius 2 is 1.61 bits per heavy atom. The van der Waals surface area contributed by atoms with Crippen molar-refractivity contribution in [2.75, 3.05) is 49.6 Å². The van der Waals surface area contributed by atoms with E-state index in [9.17, 15) is 21.6 Å². The van der Waals surface area contributed by atoms with Crippen LogP contribution >= 0.6 is 0 Å². The van der Waals surface area contributed by atoms with E-state index < -0.39 is 32.5 Å². The van der Waals surface area contributed by atoms with Crippen molar-refractivity contribution in [2.45, 2.75) is 29.1 Å². The molecule has 1 saturated heterocycles. The van der Waals surface area contributed by atoms with Gasteiger partial charge in [-0.2, -0.15) is 4.31 Å². The fraction of sp³-hybridized carbons (Fsp3) is 0.321. The van der Waals surface area contributed by atoms with Crippen LogP contribution in [-0.4, -0.2) is 67.0 Å². The van der Waals surface area contributed by atoms with E-state index in [1.54, 1.807) is 24.3 Å². The van der Waals surface area contributed by atoms with Gasteiger partial charge in [0.25, 0.3) is 10.0 Å². The zero-order valence-corrected chi connectivity index (χ0v) is 24.1. The zero-order chi connectivity index (χ0) is 29.0. The van der Waals surface area contributed by atoms with Crippen molar-refractivity contribution in [1.29, 1.82) is 0 Å². The minimum atomic E-state index is -4.17. The van der Waals surface area contributed by atoms with Gasteiger partial charge in [-0.1, -0.05) is 24.6 Å². The first-order chi connectivity index (χ1) is 19.7. The summed E-state index contributed by atoms with van der Waals surface area (Å²) < 4.78 is 73.1. The summed E-state index contributed by atoms with van der Waals surface area (Å²) in [5.41, 5.74) is 0.391. The first-order valence-corrected chi connectivity index (χ1v) is 16.0. The molecule has 2 aliphatic heterocycles. The number of piperidine rings is 1. The molecule has 0 bridgehead atoms. The van der Waals surface area contributed by atoms with Crippen LogP contribution in [0.2, 0.25) is 0 Å². The number of nitrogens with one attached hydrogen (secondary N) is 1. The number of hydrogen-bond donors (Lipinski definition) is 1. The second-order valence-electron chi connectivity index (χ2n) is 9.53. The van der Waals surface area contributed by atoms with Gasteiger partial charge in [0.15, 0.2) is 11.5 Å². The summed E-state index contributed by atoms with van der Waals surface area (Å²) in [5.74, 6) is 0.316. The molecule has 0 atom stereocenters. The maximum absolute atomic E-state index is 13.7. The highest BCUT2D eigenvalue weighted by Gasteiger charge is 2.31. The predicted molar refractivity (Wildman–Crippen MR) is 153 cm³/mol. The quantitative estimate of drug-likeness (QED) is 0.395. The topological polar surface area (TPSA) is 132 Å². The van der Waals surface area contributed by atoms with E-state index in [0.29, 0.717) is 37.8 Å². The molecule has 1 N–H and O–H groups in total. The standard InChI is InChI=1S/C28H31N3O8S2/c1-37-25-12-10-21(18-27(25)41(35,36)30-14-6-3-7-15-30)29-28(32)20-31(40(33,34)23-8-4-2-5-9-23)22-11-13-24-26(19-22)39-17-16-38-24/h2,4-5,8-13,18-19H,3,6-7,14-17,20H2,1H3,(H,29,32). The summed E-state index contributed by atoms with van der Waals surface area (Å²) >= 11 is 0. The van der Waals surface area contributed by atoms with Gasteiger partial charge in [-0.25, -0.2) is 16.8 Å². The highest BCUT2D eigenvalue weighted by atomic mass is 32.2. The Labute approximate surface area is 239 Å². The largest absolute Gasteiger partial charge is 0.495 e. The monoisotopic (exact) mass is 601 g/mol. The zero-order valence-electron chi connectivity index (χ0n) is 22.5.